The highest BCUT2D eigenvalue weighted by Crippen LogP contribution is 2.46. The van der Waals surface area contributed by atoms with Crippen molar-refractivity contribution >= 4 is 45.5 Å². The van der Waals surface area contributed by atoms with Crippen LogP contribution in [-0.4, -0.2) is 85.8 Å². The van der Waals surface area contributed by atoms with Gasteiger partial charge in [0.25, 0.3) is 11.8 Å². The molecule has 4 aromatic carbocycles. The number of rotatable bonds is 24. The second-order valence-corrected chi connectivity index (χ2v) is 27.2. The fraction of sp³-hybridized carbons (Fsp3) is 0.377. The Morgan fingerprint density at radius 1 is 0.559 bits per heavy atom. The molecule has 12 rings (SSSR count). The largest absolute Gasteiger partial charge is 0.480 e. The number of aliphatic carboxylic acids is 1. The van der Waals surface area contributed by atoms with Crippen molar-refractivity contribution in [2.24, 2.45) is 17.2 Å². The molecule has 0 saturated heterocycles. The summed E-state index contributed by atoms with van der Waals surface area (Å²) in [5.74, 6) is -8.89. The van der Waals surface area contributed by atoms with Gasteiger partial charge in [-0.1, -0.05) is 68.4 Å². The summed E-state index contributed by atoms with van der Waals surface area (Å²) in [7, 11) is 0. The van der Waals surface area contributed by atoms with Crippen molar-refractivity contribution in [1.29, 1.82) is 0 Å². The topological polar surface area (TPSA) is 283 Å². The first-order chi connectivity index (χ1) is 51.8. The van der Waals surface area contributed by atoms with E-state index >= 15 is 0 Å². The van der Waals surface area contributed by atoms with E-state index in [1.165, 1.54) is 53.5 Å². The molecule has 2 amide bonds. The summed E-state index contributed by atoms with van der Waals surface area (Å²) in [6.45, 7) is 7.47. The van der Waals surface area contributed by atoms with Gasteiger partial charge in [0, 0.05) is 82.8 Å². The van der Waals surface area contributed by atoms with Crippen molar-refractivity contribution in [3.63, 3.8) is 0 Å². The lowest BCUT2D eigenvalue weighted by molar-refractivity contribution is -0.144. The van der Waals surface area contributed by atoms with Gasteiger partial charge >= 0.3 is 30.5 Å². The molecule has 0 spiro atoms. The average Bonchev–Trinajstić information content (AvgIpc) is 1.67. The molecule has 5 heterocycles. The number of hydrogen-bond donors (Lipinski definition) is 5. The molecule has 0 aliphatic heterocycles. The molecule has 5 aromatic heterocycles. The van der Waals surface area contributed by atoms with E-state index in [0.29, 0.717) is 81.8 Å². The summed E-state index contributed by atoms with van der Waals surface area (Å²) in [6.07, 6.45) is -4.73. The lowest BCUT2D eigenvalue weighted by Crippen LogP contribution is -2.25. The minimum atomic E-state index is -4.69. The SMILES string of the molecule is C.CCC(C(=O)C[C@@H](Cc1cc(F)cc(F)c1)c1ncccc1-c1ccc(F)c(C(N)=O)c1)n1nc(C(F)(F)F)cc1C1CC1.CCC(C(=O)O)n1nc(C(F)(F)F)cc1C1CC1.CCOC(=O)C(Br)CC.FC(F)(F)c1cc(C2CC2)[nH]n1.NC(=O)c1cc(-c2cccnc2[C@@H](N)Cc2cc(F)cc(F)c2)ccc1F. The molecule has 111 heavy (non-hydrogen) atoms. The quantitative estimate of drug-likeness (QED) is 0.0214. The Kier molecular flexibility index (Phi) is 30.2. The number of Topliss-reactive ketones (excluding diaryl/α,β-unsaturated/α-hetero) is 1. The van der Waals surface area contributed by atoms with Crippen LogP contribution in [0.2, 0.25) is 0 Å². The fourth-order valence-electron chi connectivity index (χ4n) is 11.9. The van der Waals surface area contributed by atoms with Gasteiger partial charge in [0.05, 0.1) is 35.2 Å². The van der Waals surface area contributed by atoms with Gasteiger partial charge in [-0.3, -0.25) is 43.6 Å². The van der Waals surface area contributed by atoms with Crippen LogP contribution in [0.3, 0.4) is 0 Å². The maximum Gasteiger partial charge on any atom is 0.435 e. The zero-order valence-electron chi connectivity index (χ0n) is 59.2. The molecule has 3 aliphatic carbocycles. The van der Waals surface area contributed by atoms with Crippen LogP contribution in [0.25, 0.3) is 22.3 Å². The number of nitrogens with one attached hydrogen (secondary N) is 1. The molecule has 34 heteroatoms. The predicted octanol–water partition coefficient (Wildman–Crippen LogP) is 18.3. The van der Waals surface area contributed by atoms with Crippen LogP contribution in [0.5, 0.6) is 0 Å². The Bertz CT molecular complexity index is 4690. The second kappa shape index (κ2) is 38.1. The van der Waals surface area contributed by atoms with Gasteiger partial charge in [0.1, 0.15) is 51.8 Å². The third kappa shape index (κ3) is 24.1. The Morgan fingerprint density at radius 2 is 0.982 bits per heavy atom. The number of esters is 1. The summed E-state index contributed by atoms with van der Waals surface area (Å²) in [5, 5.41) is 21.9. The Balaban J connectivity index is 0.000000216. The molecule has 8 N–H and O–H groups in total. The van der Waals surface area contributed by atoms with E-state index in [0.717, 1.165) is 85.3 Å². The number of H-pyrrole nitrogens is 1. The molecule has 18 nitrogen and oxygen atoms in total. The highest BCUT2D eigenvalue weighted by atomic mass is 79.9. The van der Waals surface area contributed by atoms with Gasteiger partial charge in [-0.05, 0) is 179 Å². The predicted molar refractivity (Wildman–Crippen MR) is 382 cm³/mol. The smallest absolute Gasteiger partial charge is 0.435 e. The molecule has 3 unspecified atom stereocenters. The Morgan fingerprint density at radius 3 is 1.37 bits per heavy atom. The van der Waals surface area contributed by atoms with Crippen LogP contribution in [0.4, 0.5) is 65.9 Å². The number of aromatic nitrogens is 8. The summed E-state index contributed by atoms with van der Waals surface area (Å²) < 4.78 is 205. The number of hydrogen-bond acceptors (Lipinski definition) is 12. The molecule has 3 saturated carbocycles. The number of benzene rings is 4. The van der Waals surface area contributed by atoms with E-state index in [-0.39, 0.29) is 84.8 Å². The van der Waals surface area contributed by atoms with Crippen LogP contribution in [0, 0.1) is 34.9 Å². The van der Waals surface area contributed by atoms with Crippen molar-refractivity contribution in [3.05, 3.63) is 230 Å². The molecular weight excluding hydrogens is 1560 g/mol. The van der Waals surface area contributed by atoms with Crippen molar-refractivity contribution < 1.29 is 99.7 Å². The zero-order chi connectivity index (χ0) is 80.9. The highest BCUT2D eigenvalue weighted by molar-refractivity contribution is 9.10. The van der Waals surface area contributed by atoms with Gasteiger partial charge in [-0.2, -0.15) is 54.8 Å². The number of alkyl halides is 10. The number of ketones is 1. The first-order valence-electron chi connectivity index (χ1n) is 34.6. The third-order valence-corrected chi connectivity index (χ3v) is 18.7. The van der Waals surface area contributed by atoms with E-state index in [1.54, 1.807) is 45.0 Å². The Labute approximate surface area is 635 Å². The summed E-state index contributed by atoms with van der Waals surface area (Å²) in [4.78, 5) is 67.5. The minimum Gasteiger partial charge on any atom is -0.480 e. The van der Waals surface area contributed by atoms with Crippen LogP contribution in [0.1, 0.15) is 219 Å². The number of primary amides is 2. The van der Waals surface area contributed by atoms with E-state index in [9.17, 15) is 89.8 Å². The number of nitrogens with zero attached hydrogens (tertiary/aromatic N) is 7. The van der Waals surface area contributed by atoms with Gasteiger partial charge in [-0.25, -0.2) is 31.1 Å². The van der Waals surface area contributed by atoms with E-state index in [4.69, 9.17) is 27.0 Å². The number of carbonyl (C=O) groups is 5. The number of amides is 2. The molecule has 596 valence electrons. The number of carboxylic acid groups (broad SMARTS) is 1. The zero-order valence-corrected chi connectivity index (χ0v) is 60.8. The monoisotopic (exact) mass is 1630 g/mol. The number of carbonyl (C=O) groups excluding carboxylic acids is 4. The molecule has 0 bridgehead atoms. The van der Waals surface area contributed by atoms with Crippen molar-refractivity contribution in [1.82, 2.24) is 39.7 Å². The molecule has 5 atom stereocenters. The summed E-state index contributed by atoms with van der Waals surface area (Å²) in [6, 6.07) is 20.7. The highest BCUT2D eigenvalue weighted by Gasteiger charge is 2.42. The van der Waals surface area contributed by atoms with Crippen LogP contribution in [-0.2, 0) is 50.5 Å². The molecular formula is C77H79BrF15N11O7. The lowest BCUT2D eigenvalue weighted by atomic mass is 9.85. The van der Waals surface area contributed by atoms with Gasteiger partial charge in [0.15, 0.2) is 22.9 Å². The number of aromatic amines is 1. The first kappa shape index (κ1) is 88.0. The molecule has 9 aromatic rings. The number of nitrogens with two attached hydrogens (primary N) is 3. The van der Waals surface area contributed by atoms with Crippen molar-refractivity contribution in [2.45, 2.75) is 177 Å². The standard InChI is InChI=1S/C32H28F6N4O2.C20H16F3N3O.C11H13F3N2O2.C7H7F3N2.C6H11BrO2.CH4/c1-2-26(42-27(18-5-6-18)16-29(41-42)32(36,37)38)28(43)14-20(10-17-11-21(33)15-22(34)12-17)30-23(4-3-9-40-30)19-7-8-25(35)24(13-19)31(39)44;21-13-6-11(7-14(22)10-13)8-18(24)19-15(2-1-5-26-19)12-3-4-17(23)16(9-12)20(25)27;1-2-7(10(17)18)16-8(6-3-4-6)5-9(15-16)11(12,13)14;8-7(9,10)6-3-5(11-12-6)4-1-2-4;1-3-5(7)6(8)9-4-2;/h3-4,7-9,11-13,15-16,18,20,26H,2,5-6,10,14H2,1H3,(H2,39,44);1-7,9-10,18H,8,24H2,(H2,25,27);5-7H,2-4H2,1H3,(H,17,18);3-4H,1-2H2,(H,11,12);5H,3-4H2,1-2H3;1H4/t20-,26?;18-;;;;/m10..../s1. The van der Waals surface area contributed by atoms with E-state index in [1.807, 2.05) is 6.92 Å². The summed E-state index contributed by atoms with van der Waals surface area (Å²) >= 11 is 3.17. The van der Waals surface area contributed by atoms with Gasteiger partial charge in [-0.15, -0.1) is 0 Å². The number of carboxylic acids is 1. The molecule has 3 aliphatic rings. The van der Waals surface area contributed by atoms with Crippen molar-refractivity contribution in [3.8, 4) is 22.3 Å². The van der Waals surface area contributed by atoms with Crippen LogP contribution < -0.4 is 17.2 Å². The third-order valence-electron chi connectivity index (χ3n) is 17.7. The maximum absolute atomic E-state index is 14.3. The van der Waals surface area contributed by atoms with Crippen molar-refractivity contribution in [2.75, 3.05) is 6.61 Å². The summed E-state index contributed by atoms with van der Waals surface area (Å²) in [5.41, 5.74) is 17.8. The lowest BCUT2D eigenvalue weighted by Gasteiger charge is -2.23. The molecule has 0 radical (unpaired) electrons. The van der Waals surface area contributed by atoms with E-state index < -0.39 is 118 Å². The normalized spacial score (nSPS) is 14.7. The number of halogens is 16. The average molecular weight is 1640 g/mol. The number of ether oxygens (including phenoxy) is 1. The second-order valence-electron chi connectivity index (χ2n) is 26.1. The van der Waals surface area contributed by atoms with Gasteiger partial charge in [0.2, 0.25) is 0 Å². The minimum absolute atomic E-state index is 0. The Hall–Kier alpha value is -10.3. The van der Waals surface area contributed by atoms with Crippen LogP contribution in [0.15, 0.2) is 128 Å². The fourth-order valence-corrected chi connectivity index (χ4v) is 12.0. The van der Waals surface area contributed by atoms with Gasteiger partial charge < -0.3 is 27.0 Å². The number of pyridine rings is 2. The van der Waals surface area contributed by atoms with E-state index in [2.05, 4.69) is 46.3 Å². The molecule has 3 fully saturated rings. The maximum atomic E-state index is 14.3. The first-order valence-corrected chi connectivity index (χ1v) is 35.5. The van der Waals surface area contributed by atoms with Crippen LogP contribution >= 0.6 is 15.9 Å².